The molecule has 2 saturated carbocycles. The van der Waals surface area contributed by atoms with E-state index in [-0.39, 0.29) is 24.0 Å². The molecule has 0 heterocycles. The minimum absolute atomic E-state index is 0. The highest BCUT2D eigenvalue weighted by atomic mass is 127. The highest BCUT2D eigenvalue weighted by molar-refractivity contribution is 14.0. The molecule has 2 rings (SSSR count). The van der Waals surface area contributed by atoms with Crippen molar-refractivity contribution in [2.75, 3.05) is 32.7 Å². The number of nitrogens with zero attached hydrogens (tertiary/aromatic N) is 2. The van der Waals surface area contributed by atoms with Crippen LogP contribution in [0.25, 0.3) is 0 Å². The summed E-state index contributed by atoms with van der Waals surface area (Å²) in [4.78, 5) is 7.47. The molecule has 25 heavy (non-hydrogen) atoms. The zero-order valence-corrected chi connectivity index (χ0v) is 19.3. The van der Waals surface area contributed by atoms with E-state index in [9.17, 15) is 0 Å². The zero-order valence-electron chi connectivity index (χ0n) is 16.9. The van der Waals surface area contributed by atoms with Crippen LogP contribution in [0, 0.1) is 11.3 Å². The smallest absolute Gasteiger partial charge is 0.191 e. The summed E-state index contributed by atoms with van der Waals surface area (Å²) in [5, 5.41) is 7.07. The molecule has 0 aromatic rings. The maximum absolute atomic E-state index is 4.97. The standard InChI is InChI=1S/C20H40N4.HI/c1-5-21-19(22-16-20(13-9-14-20)18-11-12-18)23-17(4)10-8-15-24(6-2)7-3;/h17-18H,5-16H2,1-4H3,(H2,21,22,23);1H. The van der Waals surface area contributed by atoms with Gasteiger partial charge in [-0.1, -0.05) is 20.3 Å². The molecule has 1 unspecified atom stereocenters. The van der Waals surface area contributed by atoms with Crippen molar-refractivity contribution < 1.29 is 0 Å². The van der Waals surface area contributed by atoms with Crippen LogP contribution in [-0.4, -0.2) is 49.6 Å². The van der Waals surface area contributed by atoms with E-state index in [0.717, 1.165) is 38.1 Å². The topological polar surface area (TPSA) is 39.7 Å². The third-order valence-electron chi connectivity index (χ3n) is 6.08. The van der Waals surface area contributed by atoms with E-state index in [0.29, 0.717) is 11.5 Å². The molecule has 0 aromatic carbocycles. The summed E-state index contributed by atoms with van der Waals surface area (Å²) in [7, 11) is 0. The van der Waals surface area contributed by atoms with Gasteiger partial charge in [-0.2, -0.15) is 0 Å². The number of halogens is 1. The van der Waals surface area contributed by atoms with Gasteiger partial charge in [-0.15, -0.1) is 24.0 Å². The average molecular weight is 464 g/mol. The lowest BCUT2D eigenvalue weighted by Gasteiger charge is -2.41. The van der Waals surface area contributed by atoms with Crippen molar-refractivity contribution in [3.05, 3.63) is 0 Å². The van der Waals surface area contributed by atoms with Crippen LogP contribution in [0.3, 0.4) is 0 Å². The lowest BCUT2D eigenvalue weighted by molar-refractivity contribution is 0.113. The van der Waals surface area contributed by atoms with Gasteiger partial charge < -0.3 is 15.5 Å². The Kier molecular flexibility index (Phi) is 10.7. The fraction of sp³-hybridized carbons (Fsp3) is 0.950. The Hall–Kier alpha value is -0.0400. The molecule has 0 spiro atoms. The molecule has 0 aliphatic heterocycles. The molecule has 2 N–H and O–H groups in total. The summed E-state index contributed by atoms with van der Waals surface area (Å²) >= 11 is 0. The Morgan fingerprint density at radius 2 is 1.88 bits per heavy atom. The zero-order chi connectivity index (χ0) is 17.4. The highest BCUT2D eigenvalue weighted by Gasteiger charge is 2.48. The van der Waals surface area contributed by atoms with E-state index in [2.05, 4.69) is 43.2 Å². The Labute approximate surface area is 173 Å². The molecule has 0 aromatic heterocycles. The van der Waals surface area contributed by atoms with Crippen LogP contribution in [0.5, 0.6) is 0 Å². The monoisotopic (exact) mass is 464 g/mol. The fourth-order valence-electron chi connectivity index (χ4n) is 4.05. The predicted octanol–water partition coefficient (Wildman–Crippen LogP) is 4.25. The molecule has 1 atom stereocenters. The predicted molar refractivity (Wildman–Crippen MR) is 120 cm³/mol. The van der Waals surface area contributed by atoms with Gasteiger partial charge in [-0.3, -0.25) is 4.99 Å². The van der Waals surface area contributed by atoms with Gasteiger partial charge in [0.25, 0.3) is 0 Å². The summed E-state index contributed by atoms with van der Waals surface area (Å²) in [5.74, 6) is 2.00. The van der Waals surface area contributed by atoms with E-state index < -0.39 is 0 Å². The van der Waals surface area contributed by atoms with Crippen molar-refractivity contribution in [2.45, 2.75) is 78.7 Å². The molecule has 0 bridgehead atoms. The molecular formula is C20H41IN4. The molecule has 148 valence electrons. The molecule has 2 fully saturated rings. The molecule has 2 aliphatic rings. The van der Waals surface area contributed by atoms with E-state index in [4.69, 9.17) is 4.99 Å². The number of nitrogens with one attached hydrogen (secondary N) is 2. The van der Waals surface area contributed by atoms with Crippen LogP contribution in [-0.2, 0) is 0 Å². The van der Waals surface area contributed by atoms with Gasteiger partial charge in [0, 0.05) is 19.1 Å². The van der Waals surface area contributed by atoms with Gasteiger partial charge in [-0.25, -0.2) is 0 Å². The van der Waals surface area contributed by atoms with Crippen LogP contribution in [0.1, 0.15) is 72.6 Å². The Balaban J connectivity index is 0.00000312. The van der Waals surface area contributed by atoms with Crippen molar-refractivity contribution in [1.29, 1.82) is 0 Å². The first-order valence-corrected chi connectivity index (χ1v) is 10.4. The van der Waals surface area contributed by atoms with Crippen LogP contribution in [0.2, 0.25) is 0 Å². The number of hydrogen-bond acceptors (Lipinski definition) is 2. The van der Waals surface area contributed by atoms with Gasteiger partial charge in [0.15, 0.2) is 5.96 Å². The second-order valence-corrected chi connectivity index (χ2v) is 7.90. The minimum Gasteiger partial charge on any atom is -0.357 e. The van der Waals surface area contributed by atoms with Crippen molar-refractivity contribution in [3.63, 3.8) is 0 Å². The first-order chi connectivity index (χ1) is 11.6. The summed E-state index contributed by atoms with van der Waals surface area (Å²) in [6, 6.07) is 0.483. The lowest BCUT2D eigenvalue weighted by Crippen LogP contribution is -2.44. The molecular weight excluding hydrogens is 423 g/mol. The highest BCUT2D eigenvalue weighted by Crippen LogP contribution is 2.57. The largest absolute Gasteiger partial charge is 0.357 e. The molecule has 0 saturated heterocycles. The average Bonchev–Trinajstić information content (AvgIpc) is 3.36. The molecule has 0 amide bonds. The van der Waals surface area contributed by atoms with Crippen molar-refractivity contribution in [3.8, 4) is 0 Å². The van der Waals surface area contributed by atoms with Gasteiger partial charge in [0.05, 0.1) is 0 Å². The van der Waals surface area contributed by atoms with Gasteiger partial charge in [0.1, 0.15) is 0 Å². The SMILES string of the molecule is CCNC(=NCC1(C2CC2)CCC1)NC(C)CCCN(CC)CC.I. The van der Waals surface area contributed by atoms with Crippen molar-refractivity contribution in [2.24, 2.45) is 16.3 Å². The minimum atomic E-state index is 0. The number of guanidine groups is 1. The van der Waals surface area contributed by atoms with Gasteiger partial charge in [0.2, 0.25) is 0 Å². The van der Waals surface area contributed by atoms with E-state index in [1.807, 2.05) is 0 Å². The van der Waals surface area contributed by atoms with Crippen LogP contribution in [0.4, 0.5) is 0 Å². The normalized spacial score (nSPS) is 20.6. The van der Waals surface area contributed by atoms with Crippen LogP contribution >= 0.6 is 24.0 Å². The molecule has 4 nitrogen and oxygen atoms in total. The first kappa shape index (κ1) is 23.0. The summed E-state index contributed by atoms with van der Waals surface area (Å²) in [5.41, 5.74) is 0.564. The van der Waals surface area contributed by atoms with Crippen LogP contribution < -0.4 is 10.6 Å². The third kappa shape index (κ3) is 7.24. The Bertz CT molecular complexity index is 387. The molecule has 5 heteroatoms. The quantitative estimate of drug-likeness (QED) is 0.273. The lowest BCUT2D eigenvalue weighted by atomic mass is 9.65. The first-order valence-electron chi connectivity index (χ1n) is 10.4. The van der Waals surface area contributed by atoms with Gasteiger partial charge >= 0.3 is 0 Å². The summed E-state index contributed by atoms with van der Waals surface area (Å²) in [6.45, 7) is 14.4. The van der Waals surface area contributed by atoms with Crippen molar-refractivity contribution >= 4 is 29.9 Å². The summed E-state index contributed by atoms with van der Waals surface area (Å²) < 4.78 is 0. The van der Waals surface area contributed by atoms with Crippen molar-refractivity contribution in [1.82, 2.24) is 15.5 Å². The fourth-order valence-corrected chi connectivity index (χ4v) is 4.05. The summed E-state index contributed by atoms with van der Waals surface area (Å²) in [6.07, 6.45) is 9.57. The number of rotatable bonds is 11. The maximum Gasteiger partial charge on any atom is 0.191 e. The third-order valence-corrected chi connectivity index (χ3v) is 6.08. The molecule has 0 radical (unpaired) electrons. The Morgan fingerprint density at radius 1 is 1.20 bits per heavy atom. The van der Waals surface area contributed by atoms with Crippen LogP contribution in [0.15, 0.2) is 4.99 Å². The van der Waals surface area contributed by atoms with E-state index >= 15 is 0 Å². The van der Waals surface area contributed by atoms with E-state index in [1.54, 1.807) is 0 Å². The second-order valence-electron chi connectivity index (χ2n) is 7.90. The number of hydrogen-bond donors (Lipinski definition) is 2. The number of aliphatic imine (C=N–C) groups is 1. The van der Waals surface area contributed by atoms with Gasteiger partial charge in [-0.05, 0) is 83.3 Å². The van der Waals surface area contributed by atoms with E-state index in [1.165, 1.54) is 51.5 Å². The molecule has 2 aliphatic carbocycles. The second kappa shape index (κ2) is 11.6. The Morgan fingerprint density at radius 3 is 2.36 bits per heavy atom. The maximum atomic E-state index is 4.97.